The summed E-state index contributed by atoms with van der Waals surface area (Å²) < 4.78 is 52.9. The van der Waals surface area contributed by atoms with Crippen LogP contribution in [0.4, 0.5) is 0 Å². The van der Waals surface area contributed by atoms with Crippen LogP contribution in [0.2, 0.25) is 0 Å². The predicted octanol–water partition coefficient (Wildman–Crippen LogP) is 3.38. The van der Waals surface area contributed by atoms with Gasteiger partial charge in [-0.2, -0.15) is 4.31 Å². The molecule has 2 aliphatic carbocycles. The first kappa shape index (κ1) is 28.0. The van der Waals surface area contributed by atoms with Crippen LogP contribution in [-0.4, -0.2) is 80.2 Å². The first-order valence-electron chi connectivity index (χ1n) is 14.4. The summed E-state index contributed by atoms with van der Waals surface area (Å²) in [6.07, 6.45) is 7.05. The van der Waals surface area contributed by atoms with Crippen LogP contribution in [-0.2, 0) is 26.7 Å². The lowest BCUT2D eigenvalue weighted by Gasteiger charge is -2.64. The molecule has 11 heteroatoms. The molecule has 2 fully saturated rings. The van der Waals surface area contributed by atoms with E-state index in [2.05, 4.69) is 0 Å². The van der Waals surface area contributed by atoms with Crippen molar-refractivity contribution in [2.24, 2.45) is 0 Å². The minimum Gasteiger partial charge on any atom is -0.495 e. The second-order valence-corrected chi connectivity index (χ2v) is 13.6. The molecule has 1 saturated carbocycles. The van der Waals surface area contributed by atoms with Gasteiger partial charge in [0.05, 0.1) is 49.8 Å². The fourth-order valence-electron chi connectivity index (χ4n) is 8.09. The maximum absolute atomic E-state index is 14.2. The minimum absolute atomic E-state index is 0.0703. The molecule has 2 bridgehead atoms. The van der Waals surface area contributed by atoms with Crippen LogP contribution >= 0.6 is 0 Å². The largest absolute Gasteiger partial charge is 0.495 e. The molecule has 0 radical (unpaired) electrons. The van der Waals surface area contributed by atoms with Crippen molar-refractivity contribution in [2.45, 2.75) is 59.8 Å². The van der Waals surface area contributed by atoms with Gasteiger partial charge >= 0.3 is 0 Å². The zero-order valence-electron chi connectivity index (χ0n) is 24.2. The van der Waals surface area contributed by atoms with Crippen molar-refractivity contribution in [1.29, 1.82) is 0 Å². The number of ether oxygens (including phenoxy) is 3. The zero-order valence-corrected chi connectivity index (χ0v) is 25.0. The third-order valence-electron chi connectivity index (χ3n) is 10.0. The minimum atomic E-state index is -4.03. The summed E-state index contributed by atoms with van der Waals surface area (Å²) in [5.41, 5.74) is 0.193. The number of sulfonamides is 1. The van der Waals surface area contributed by atoms with E-state index >= 15 is 0 Å². The van der Waals surface area contributed by atoms with Crippen molar-refractivity contribution in [3.8, 4) is 17.2 Å². The topological polar surface area (TPSA) is 119 Å². The SMILES string of the molecule is COc1ccccc1S(=O)(=O)N1CC[C@]23c4c5ccc(OC)c4O[C@H]2[C@H](N(C)C(=O)/C=C/c2ccoc2)CC[C@@]3(O)[C@H]1C5. The Labute approximate surface area is 250 Å². The first-order valence-corrected chi connectivity index (χ1v) is 15.8. The number of benzene rings is 2. The number of likely N-dealkylation sites (N-methyl/N-ethyl adjacent to an activating group) is 1. The number of hydrogen-bond acceptors (Lipinski definition) is 8. The number of methoxy groups -OCH3 is 2. The summed E-state index contributed by atoms with van der Waals surface area (Å²) in [5.74, 6) is 1.18. The molecular formula is C32H34N2O8S. The third-order valence-corrected chi connectivity index (χ3v) is 12.0. The predicted molar refractivity (Wildman–Crippen MR) is 157 cm³/mol. The van der Waals surface area contributed by atoms with E-state index in [0.29, 0.717) is 37.2 Å². The summed E-state index contributed by atoms with van der Waals surface area (Å²) >= 11 is 0. The number of hydrogen-bond donors (Lipinski definition) is 1. The van der Waals surface area contributed by atoms with E-state index in [-0.39, 0.29) is 29.1 Å². The Balaban J connectivity index is 1.32. The van der Waals surface area contributed by atoms with Gasteiger partial charge in [0.15, 0.2) is 11.5 Å². The van der Waals surface area contributed by atoms with Crippen LogP contribution in [0.1, 0.15) is 36.0 Å². The van der Waals surface area contributed by atoms with Crippen molar-refractivity contribution in [2.75, 3.05) is 27.8 Å². The highest BCUT2D eigenvalue weighted by Crippen LogP contribution is 2.66. The molecule has 1 amide bonds. The molecule has 2 aromatic carbocycles. The molecular weight excluding hydrogens is 572 g/mol. The van der Waals surface area contributed by atoms with E-state index in [4.69, 9.17) is 18.6 Å². The number of aliphatic hydroxyl groups is 1. The molecule has 1 spiro atoms. The molecule has 1 aromatic heterocycles. The molecule has 4 aliphatic rings. The van der Waals surface area contributed by atoms with Crippen molar-refractivity contribution in [1.82, 2.24) is 9.21 Å². The van der Waals surface area contributed by atoms with Gasteiger partial charge in [0, 0.05) is 30.8 Å². The van der Waals surface area contributed by atoms with Gasteiger partial charge in [0.25, 0.3) is 0 Å². The fraction of sp³-hybridized carbons (Fsp3) is 0.406. The van der Waals surface area contributed by atoms with Gasteiger partial charge in [0.1, 0.15) is 16.7 Å². The monoisotopic (exact) mass is 606 g/mol. The lowest BCUT2D eigenvalue weighted by Crippen LogP contribution is -2.78. The summed E-state index contributed by atoms with van der Waals surface area (Å²) in [6.45, 7) is 0.175. The highest BCUT2D eigenvalue weighted by molar-refractivity contribution is 7.89. The van der Waals surface area contributed by atoms with Crippen LogP contribution in [0.3, 0.4) is 0 Å². The summed E-state index contributed by atoms with van der Waals surface area (Å²) in [5, 5.41) is 12.9. The standard InChI is InChI=1S/C32H34N2O8S/c1-33(27(35)11-8-20-13-17-41-19-20)22-12-14-32(36)26-18-21-9-10-24(40-3)29-28(21)31(32,30(22)42-29)15-16-34(26)43(37,38)25-7-5-4-6-23(25)39-2/h4-11,13,17,19,22,26,30,36H,12,14-16,18H2,1-3H3/b11-8+/t22-,26-,30+,31+,32-/m1/s1. The first-order chi connectivity index (χ1) is 20.7. The van der Waals surface area contributed by atoms with E-state index in [9.17, 15) is 18.3 Å². The maximum Gasteiger partial charge on any atom is 0.247 e. The molecule has 43 heavy (non-hydrogen) atoms. The number of rotatable bonds is 7. The molecule has 1 saturated heterocycles. The number of piperidine rings is 1. The summed E-state index contributed by atoms with van der Waals surface area (Å²) in [6, 6.07) is 11.0. The van der Waals surface area contributed by atoms with E-state index in [1.165, 1.54) is 17.5 Å². The average molecular weight is 607 g/mol. The Kier molecular flexibility index (Phi) is 6.42. The van der Waals surface area contributed by atoms with E-state index in [1.807, 2.05) is 12.1 Å². The maximum atomic E-state index is 14.2. The Bertz CT molecular complexity index is 1720. The lowest BCUT2D eigenvalue weighted by molar-refractivity contribution is -0.186. The molecule has 0 unspecified atom stereocenters. The van der Waals surface area contributed by atoms with Crippen molar-refractivity contribution in [3.05, 3.63) is 77.8 Å². The van der Waals surface area contributed by atoms with Gasteiger partial charge in [-0.1, -0.05) is 18.2 Å². The van der Waals surface area contributed by atoms with Gasteiger partial charge in [-0.3, -0.25) is 4.79 Å². The number of nitrogens with zero attached hydrogens (tertiary/aromatic N) is 2. The Morgan fingerprint density at radius 1 is 1.12 bits per heavy atom. The van der Waals surface area contributed by atoms with Crippen LogP contribution in [0.25, 0.3) is 6.08 Å². The summed E-state index contributed by atoms with van der Waals surface area (Å²) in [4.78, 5) is 15.1. The van der Waals surface area contributed by atoms with Crippen LogP contribution in [0.5, 0.6) is 17.2 Å². The Morgan fingerprint density at radius 3 is 2.65 bits per heavy atom. The van der Waals surface area contributed by atoms with E-state index < -0.39 is 33.2 Å². The number of amides is 1. The zero-order chi connectivity index (χ0) is 30.1. The highest BCUT2D eigenvalue weighted by atomic mass is 32.2. The Morgan fingerprint density at radius 2 is 1.91 bits per heavy atom. The van der Waals surface area contributed by atoms with Crippen molar-refractivity contribution >= 4 is 22.0 Å². The molecule has 10 nitrogen and oxygen atoms in total. The fourth-order valence-corrected chi connectivity index (χ4v) is 9.92. The van der Waals surface area contributed by atoms with E-state index in [0.717, 1.165) is 16.7 Å². The van der Waals surface area contributed by atoms with Gasteiger partial charge < -0.3 is 28.6 Å². The highest BCUT2D eigenvalue weighted by Gasteiger charge is 2.74. The molecule has 3 heterocycles. The summed E-state index contributed by atoms with van der Waals surface area (Å²) in [7, 11) is 0.741. The number of furan rings is 1. The molecule has 226 valence electrons. The van der Waals surface area contributed by atoms with Crippen molar-refractivity contribution < 1.29 is 36.9 Å². The normalized spacial score (nSPS) is 29.2. The van der Waals surface area contributed by atoms with Crippen molar-refractivity contribution in [3.63, 3.8) is 0 Å². The smallest absolute Gasteiger partial charge is 0.247 e. The quantitative estimate of drug-likeness (QED) is 0.407. The van der Waals surface area contributed by atoms with Gasteiger partial charge in [-0.05, 0) is 61.6 Å². The van der Waals surface area contributed by atoms with Crippen LogP contribution < -0.4 is 14.2 Å². The number of carbonyl (C=O) groups is 1. The van der Waals surface area contributed by atoms with Crippen LogP contribution in [0, 0.1) is 0 Å². The molecule has 5 atom stereocenters. The number of para-hydroxylation sites is 1. The third kappa shape index (κ3) is 3.77. The lowest BCUT2D eigenvalue weighted by atomic mass is 9.48. The van der Waals surface area contributed by atoms with Gasteiger partial charge in [-0.25, -0.2) is 8.42 Å². The average Bonchev–Trinajstić information content (AvgIpc) is 3.65. The van der Waals surface area contributed by atoms with E-state index in [1.54, 1.807) is 68.0 Å². The number of carbonyl (C=O) groups excluding carboxylic acids is 1. The molecule has 7 rings (SSSR count). The second kappa shape index (κ2) is 9.87. The second-order valence-electron chi connectivity index (χ2n) is 11.7. The van der Waals surface area contributed by atoms with Gasteiger partial charge in [-0.15, -0.1) is 0 Å². The molecule has 1 N–H and O–H groups in total. The van der Waals surface area contributed by atoms with Gasteiger partial charge in [0.2, 0.25) is 15.9 Å². The Hall–Kier alpha value is -3.80. The molecule has 2 aliphatic heterocycles. The molecule has 3 aromatic rings. The van der Waals surface area contributed by atoms with Crippen LogP contribution in [0.15, 0.2) is 70.4 Å².